The normalized spacial score (nSPS) is 11.1. The van der Waals surface area contributed by atoms with E-state index in [1.807, 2.05) is 0 Å². The Kier molecular flexibility index (Phi) is 7.60. The molecule has 1 aromatic heterocycles. The topological polar surface area (TPSA) is 47.0 Å². The number of hydrogen-bond donors (Lipinski definition) is 1. The zero-order valence-electron chi connectivity index (χ0n) is 12.3. The van der Waals surface area contributed by atoms with Crippen molar-refractivity contribution in [2.75, 3.05) is 19.0 Å². The van der Waals surface area contributed by atoms with Crippen molar-refractivity contribution >= 4 is 28.4 Å². The highest BCUT2D eigenvalue weighted by Crippen LogP contribution is 2.26. The molecule has 0 atom stereocenters. The smallest absolute Gasteiger partial charge is 0.143 e. The molecule has 0 spiro atoms. The second-order valence-corrected chi connectivity index (χ2v) is 5.64. The van der Waals surface area contributed by atoms with Crippen molar-refractivity contribution in [1.29, 1.82) is 0 Å². The van der Waals surface area contributed by atoms with E-state index in [9.17, 15) is 0 Å². The van der Waals surface area contributed by atoms with Gasteiger partial charge in [0.15, 0.2) is 0 Å². The van der Waals surface area contributed by atoms with Crippen LogP contribution in [0.4, 0.5) is 5.82 Å². The highest BCUT2D eigenvalue weighted by Gasteiger charge is 2.16. The fraction of sp³-hybridized carbons (Fsp3) is 0.714. The Balaban J connectivity index is 3.13. The predicted octanol–water partition coefficient (Wildman–Crippen LogP) is 3.95. The first-order valence-corrected chi connectivity index (χ1v) is 8.04. The molecule has 1 N–H and O–H groups in total. The summed E-state index contributed by atoms with van der Waals surface area (Å²) in [4.78, 5) is 9.40. The van der Waals surface area contributed by atoms with Crippen molar-refractivity contribution in [2.45, 2.75) is 52.6 Å². The highest BCUT2D eigenvalue weighted by atomic mass is 127. The molecule has 0 aromatic carbocycles. The summed E-state index contributed by atoms with van der Waals surface area (Å²) >= 11 is 2.30. The third kappa shape index (κ3) is 4.56. The minimum absolute atomic E-state index is 0.426. The first-order chi connectivity index (χ1) is 9.17. The van der Waals surface area contributed by atoms with Gasteiger partial charge in [0.2, 0.25) is 0 Å². The van der Waals surface area contributed by atoms with Gasteiger partial charge in [-0.15, -0.1) is 0 Å². The quantitative estimate of drug-likeness (QED) is 0.697. The average Bonchev–Trinajstić information content (AvgIpc) is 2.42. The summed E-state index contributed by atoms with van der Waals surface area (Å²) in [5.74, 6) is 2.32. The third-order valence-electron chi connectivity index (χ3n) is 3.11. The summed E-state index contributed by atoms with van der Waals surface area (Å²) in [5, 5.41) is 3.39. The minimum Gasteiger partial charge on any atom is -0.378 e. The number of anilines is 1. The maximum Gasteiger partial charge on any atom is 0.143 e. The van der Waals surface area contributed by atoms with Crippen molar-refractivity contribution in [2.24, 2.45) is 0 Å². The molecular weight excluding hydrogens is 353 g/mol. The Morgan fingerprint density at radius 3 is 2.42 bits per heavy atom. The number of nitrogens with zero attached hydrogens (tertiary/aromatic N) is 2. The summed E-state index contributed by atoms with van der Waals surface area (Å²) in [6, 6.07) is 0. The van der Waals surface area contributed by atoms with Crippen LogP contribution in [0.3, 0.4) is 0 Å². The van der Waals surface area contributed by atoms with Crippen LogP contribution in [0.15, 0.2) is 0 Å². The van der Waals surface area contributed by atoms with Gasteiger partial charge in [0.25, 0.3) is 0 Å². The summed E-state index contributed by atoms with van der Waals surface area (Å²) in [6.07, 6.45) is 3.22. The van der Waals surface area contributed by atoms with Crippen molar-refractivity contribution < 1.29 is 4.74 Å². The molecule has 0 amide bonds. The van der Waals surface area contributed by atoms with Crippen LogP contribution in [0.2, 0.25) is 0 Å². The van der Waals surface area contributed by atoms with E-state index in [0.29, 0.717) is 12.5 Å². The largest absolute Gasteiger partial charge is 0.378 e. The molecule has 5 heteroatoms. The fourth-order valence-electron chi connectivity index (χ4n) is 1.94. The molecule has 1 heterocycles. The van der Waals surface area contributed by atoms with Crippen LogP contribution in [0.1, 0.15) is 57.5 Å². The lowest BCUT2D eigenvalue weighted by Gasteiger charge is -2.16. The van der Waals surface area contributed by atoms with Gasteiger partial charge in [-0.3, -0.25) is 0 Å². The van der Waals surface area contributed by atoms with Crippen molar-refractivity contribution in [3.05, 3.63) is 15.1 Å². The van der Waals surface area contributed by atoms with E-state index in [0.717, 1.165) is 46.7 Å². The van der Waals surface area contributed by atoms with E-state index in [1.54, 1.807) is 7.11 Å². The summed E-state index contributed by atoms with van der Waals surface area (Å²) in [6.45, 7) is 7.99. The third-order valence-corrected chi connectivity index (χ3v) is 4.24. The van der Waals surface area contributed by atoms with E-state index >= 15 is 0 Å². The van der Waals surface area contributed by atoms with E-state index in [2.05, 4.69) is 53.7 Å². The average molecular weight is 377 g/mol. The molecule has 4 nitrogen and oxygen atoms in total. The zero-order valence-corrected chi connectivity index (χ0v) is 14.5. The zero-order chi connectivity index (χ0) is 14.3. The molecule has 0 unspecified atom stereocenters. The van der Waals surface area contributed by atoms with Crippen molar-refractivity contribution in [3.8, 4) is 0 Å². The molecule has 0 saturated carbocycles. The SMILES string of the molecule is CCCNc1nc(C(CC)CC)nc(COC)c1I. The molecule has 1 aromatic rings. The number of halogens is 1. The van der Waals surface area contributed by atoms with E-state index in [1.165, 1.54) is 0 Å². The van der Waals surface area contributed by atoms with E-state index in [4.69, 9.17) is 9.72 Å². The van der Waals surface area contributed by atoms with Gasteiger partial charge >= 0.3 is 0 Å². The Morgan fingerprint density at radius 1 is 1.21 bits per heavy atom. The van der Waals surface area contributed by atoms with Gasteiger partial charge in [-0.05, 0) is 41.9 Å². The van der Waals surface area contributed by atoms with Crippen LogP contribution in [-0.2, 0) is 11.3 Å². The first-order valence-electron chi connectivity index (χ1n) is 6.96. The molecule has 108 valence electrons. The Morgan fingerprint density at radius 2 is 1.89 bits per heavy atom. The Hall–Kier alpha value is -0.430. The van der Waals surface area contributed by atoms with Gasteiger partial charge in [0.1, 0.15) is 11.6 Å². The monoisotopic (exact) mass is 377 g/mol. The lowest BCUT2D eigenvalue weighted by atomic mass is 10.0. The number of ether oxygens (including phenoxy) is 1. The highest BCUT2D eigenvalue weighted by molar-refractivity contribution is 14.1. The summed E-state index contributed by atoms with van der Waals surface area (Å²) < 4.78 is 6.32. The molecular formula is C14H24IN3O. The molecule has 0 aliphatic heterocycles. The first kappa shape index (κ1) is 16.6. The Labute approximate surface area is 129 Å². The van der Waals surface area contributed by atoms with Crippen LogP contribution in [0.25, 0.3) is 0 Å². The molecule has 1 rings (SSSR count). The lowest BCUT2D eigenvalue weighted by molar-refractivity contribution is 0.180. The van der Waals surface area contributed by atoms with Crippen LogP contribution >= 0.6 is 22.6 Å². The minimum atomic E-state index is 0.426. The fourth-order valence-corrected chi connectivity index (χ4v) is 2.53. The van der Waals surface area contributed by atoms with E-state index < -0.39 is 0 Å². The standard InChI is InChI=1S/C14H24IN3O/c1-5-8-16-14-12(15)11(9-19-4)17-13(18-14)10(6-2)7-3/h10H,5-9H2,1-4H3,(H,16,17,18). The van der Waals surface area contributed by atoms with Gasteiger partial charge in [-0.25, -0.2) is 9.97 Å². The maximum atomic E-state index is 5.25. The van der Waals surface area contributed by atoms with Crippen LogP contribution in [0.5, 0.6) is 0 Å². The molecule has 0 radical (unpaired) electrons. The maximum absolute atomic E-state index is 5.25. The lowest BCUT2D eigenvalue weighted by Crippen LogP contribution is -2.13. The van der Waals surface area contributed by atoms with Gasteiger partial charge < -0.3 is 10.1 Å². The molecule has 19 heavy (non-hydrogen) atoms. The van der Waals surface area contributed by atoms with Crippen molar-refractivity contribution in [1.82, 2.24) is 9.97 Å². The van der Waals surface area contributed by atoms with Crippen LogP contribution in [0, 0.1) is 3.57 Å². The summed E-state index contributed by atoms with van der Waals surface area (Å²) in [5.41, 5.74) is 0.985. The number of aromatic nitrogens is 2. The molecule has 0 aliphatic rings. The second kappa shape index (κ2) is 8.68. The summed E-state index contributed by atoms with van der Waals surface area (Å²) in [7, 11) is 1.70. The number of methoxy groups -OCH3 is 1. The van der Waals surface area contributed by atoms with E-state index in [-0.39, 0.29) is 0 Å². The van der Waals surface area contributed by atoms with Gasteiger partial charge in [0, 0.05) is 19.6 Å². The number of nitrogens with one attached hydrogen (secondary N) is 1. The molecule has 0 aliphatic carbocycles. The van der Waals surface area contributed by atoms with Gasteiger partial charge in [0.05, 0.1) is 15.9 Å². The number of hydrogen-bond acceptors (Lipinski definition) is 4. The predicted molar refractivity (Wildman–Crippen MR) is 87.6 cm³/mol. The van der Waals surface area contributed by atoms with Crippen LogP contribution < -0.4 is 5.32 Å². The molecule has 0 bridgehead atoms. The second-order valence-electron chi connectivity index (χ2n) is 4.56. The molecule has 0 saturated heterocycles. The number of rotatable bonds is 8. The van der Waals surface area contributed by atoms with Gasteiger partial charge in [-0.1, -0.05) is 20.8 Å². The van der Waals surface area contributed by atoms with Gasteiger partial charge in [-0.2, -0.15) is 0 Å². The molecule has 0 fully saturated rings. The Bertz CT molecular complexity index is 395. The van der Waals surface area contributed by atoms with Crippen LogP contribution in [-0.4, -0.2) is 23.6 Å². The van der Waals surface area contributed by atoms with Crippen molar-refractivity contribution in [3.63, 3.8) is 0 Å².